The number of allylic oxidation sites excluding steroid dienone is 1. The number of piperazine rings is 1. The smallest absolute Gasteiger partial charge is 0.248 e. The molecule has 0 bridgehead atoms. The molecule has 100 valence electrons. The Hall–Kier alpha value is -1.32. The van der Waals surface area contributed by atoms with Crippen molar-refractivity contribution in [2.24, 2.45) is 0 Å². The second-order valence-corrected chi connectivity index (χ2v) is 5.79. The standard InChI is InChI=1S/C14H22N2O2/c1-10-12(17)15-14(2,3)13(18)16(10)9-8-11-6-4-5-7-11/h6,10H,4-5,7-9H2,1-3H3,(H,15,17). The van der Waals surface area contributed by atoms with Gasteiger partial charge in [-0.25, -0.2) is 0 Å². The number of nitrogens with zero attached hydrogens (tertiary/aromatic N) is 1. The molecule has 1 unspecified atom stereocenters. The van der Waals surface area contributed by atoms with Gasteiger partial charge in [0.1, 0.15) is 11.6 Å². The maximum absolute atomic E-state index is 12.3. The molecule has 18 heavy (non-hydrogen) atoms. The Bertz CT molecular complexity index is 399. The summed E-state index contributed by atoms with van der Waals surface area (Å²) in [6, 6.07) is -0.354. The summed E-state index contributed by atoms with van der Waals surface area (Å²) in [4.78, 5) is 25.9. The minimum absolute atomic E-state index is 0.0215. The van der Waals surface area contributed by atoms with Gasteiger partial charge in [-0.3, -0.25) is 9.59 Å². The third-order valence-electron chi connectivity index (χ3n) is 3.89. The predicted octanol–water partition coefficient (Wildman–Crippen LogP) is 1.61. The monoisotopic (exact) mass is 250 g/mol. The fraction of sp³-hybridized carbons (Fsp3) is 0.714. The molecular weight excluding hydrogens is 228 g/mol. The van der Waals surface area contributed by atoms with E-state index in [1.165, 1.54) is 12.0 Å². The lowest BCUT2D eigenvalue weighted by atomic mass is 9.97. The van der Waals surface area contributed by atoms with E-state index in [1.807, 2.05) is 0 Å². The number of rotatable bonds is 3. The van der Waals surface area contributed by atoms with Gasteiger partial charge in [0.2, 0.25) is 11.8 Å². The van der Waals surface area contributed by atoms with Gasteiger partial charge in [-0.05, 0) is 46.5 Å². The average molecular weight is 250 g/mol. The Balaban J connectivity index is 2.04. The summed E-state index contributed by atoms with van der Waals surface area (Å²) < 4.78 is 0. The Labute approximate surface area is 108 Å². The van der Waals surface area contributed by atoms with Crippen LogP contribution in [-0.2, 0) is 9.59 Å². The zero-order chi connectivity index (χ0) is 13.3. The highest BCUT2D eigenvalue weighted by Crippen LogP contribution is 2.23. The molecule has 0 radical (unpaired) electrons. The Kier molecular flexibility index (Phi) is 3.46. The van der Waals surface area contributed by atoms with Crippen LogP contribution < -0.4 is 5.32 Å². The zero-order valence-electron chi connectivity index (χ0n) is 11.5. The molecule has 0 aromatic carbocycles. The topological polar surface area (TPSA) is 49.4 Å². The van der Waals surface area contributed by atoms with E-state index in [0.29, 0.717) is 6.54 Å². The number of nitrogens with one attached hydrogen (secondary N) is 1. The summed E-state index contributed by atoms with van der Waals surface area (Å²) in [6.07, 6.45) is 6.70. The van der Waals surface area contributed by atoms with Crippen molar-refractivity contribution in [2.45, 2.75) is 58.0 Å². The Morgan fingerprint density at radius 2 is 2.17 bits per heavy atom. The van der Waals surface area contributed by atoms with Gasteiger partial charge >= 0.3 is 0 Å². The summed E-state index contributed by atoms with van der Waals surface area (Å²) in [5.74, 6) is -0.0341. The molecule has 0 aromatic heterocycles. The second-order valence-electron chi connectivity index (χ2n) is 5.79. The maximum Gasteiger partial charge on any atom is 0.248 e. The van der Waals surface area contributed by atoms with Gasteiger partial charge < -0.3 is 10.2 Å². The Morgan fingerprint density at radius 3 is 2.78 bits per heavy atom. The van der Waals surface area contributed by atoms with Gasteiger partial charge in [0.25, 0.3) is 0 Å². The van der Waals surface area contributed by atoms with Crippen LogP contribution in [0.1, 0.15) is 46.5 Å². The summed E-state index contributed by atoms with van der Waals surface area (Å²) in [6.45, 7) is 5.98. The number of hydrogen-bond donors (Lipinski definition) is 1. The third kappa shape index (κ3) is 2.42. The lowest BCUT2D eigenvalue weighted by molar-refractivity contribution is -0.152. The van der Waals surface area contributed by atoms with E-state index in [1.54, 1.807) is 25.7 Å². The van der Waals surface area contributed by atoms with E-state index in [-0.39, 0.29) is 17.9 Å². The highest BCUT2D eigenvalue weighted by Gasteiger charge is 2.42. The summed E-state index contributed by atoms with van der Waals surface area (Å²) >= 11 is 0. The summed E-state index contributed by atoms with van der Waals surface area (Å²) in [5, 5.41) is 2.77. The minimum atomic E-state index is -0.770. The van der Waals surface area contributed by atoms with Crippen molar-refractivity contribution in [1.29, 1.82) is 0 Å². The first-order valence-corrected chi connectivity index (χ1v) is 6.73. The third-order valence-corrected chi connectivity index (χ3v) is 3.89. The van der Waals surface area contributed by atoms with Crippen molar-refractivity contribution in [3.8, 4) is 0 Å². The molecule has 4 nitrogen and oxygen atoms in total. The normalized spacial score (nSPS) is 27.2. The van der Waals surface area contributed by atoms with Crippen LogP contribution in [0.4, 0.5) is 0 Å². The van der Waals surface area contributed by atoms with Crippen molar-refractivity contribution in [1.82, 2.24) is 10.2 Å². The molecular formula is C14H22N2O2. The van der Waals surface area contributed by atoms with E-state index < -0.39 is 5.54 Å². The molecule has 0 saturated carbocycles. The maximum atomic E-state index is 12.3. The lowest BCUT2D eigenvalue weighted by Crippen LogP contribution is -2.67. The molecule has 2 rings (SSSR count). The second kappa shape index (κ2) is 4.75. The molecule has 1 aliphatic heterocycles. The number of carbonyl (C=O) groups is 2. The van der Waals surface area contributed by atoms with E-state index in [4.69, 9.17) is 0 Å². The van der Waals surface area contributed by atoms with Crippen LogP contribution in [-0.4, -0.2) is 34.8 Å². The number of carbonyl (C=O) groups excluding carboxylic acids is 2. The quantitative estimate of drug-likeness (QED) is 0.774. The van der Waals surface area contributed by atoms with E-state index in [0.717, 1.165) is 19.3 Å². The molecule has 0 aromatic rings. The SMILES string of the molecule is CC1C(=O)NC(C)(C)C(=O)N1CCC1=CCCC1. The van der Waals surface area contributed by atoms with Gasteiger partial charge in [-0.1, -0.05) is 11.6 Å². The molecule has 1 atom stereocenters. The highest BCUT2D eigenvalue weighted by molar-refractivity contribution is 5.99. The molecule has 1 N–H and O–H groups in total. The molecule has 0 spiro atoms. The van der Waals surface area contributed by atoms with Crippen LogP contribution in [0.3, 0.4) is 0 Å². The van der Waals surface area contributed by atoms with E-state index in [2.05, 4.69) is 11.4 Å². The number of amides is 2. The van der Waals surface area contributed by atoms with Gasteiger partial charge in [-0.2, -0.15) is 0 Å². The van der Waals surface area contributed by atoms with Gasteiger partial charge in [0, 0.05) is 6.54 Å². The van der Waals surface area contributed by atoms with Crippen molar-refractivity contribution >= 4 is 11.8 Å². The van der Waals surface area contributed by atoms with Crippen LogP contribution >= 0.6 is 0 Å². The lowest BCUT2D eigenvalue weighted by Gasteiger charge is -2.41. The van der Waals surface area contributed by atoms with E-state index >= 15 is 0 Å². The summed E-state index contributed by atoms with van der Waals surface area (Å²) in [5.41, 5.74) is 0.659. The van der Waals surface area contributed by atoms with Crippen LogP contribution in [0.5, 0.6) is 0 Å². The predicted molar refractivity (Wildman–Crippen MR) is 69.9 cm³/mol. The first-order valence-electron chi connectivity index (χ1n) is 6.73. The fourth-order valence-electron chi connectivity index (χ4n) is 2.67. The van der Waals surface area contributed by atoms with Gasteiger partial charge in [0.05, 0.1) is 0 Å². The first-order chi connectivity index (χ1) is 8.42. The highest BCUT2D eigenvalue weighted by atomic mass is 16.2. The molecule has 1 fully saturated rings. The van der Waals surface area contributed by atoms with Crippen LogP contribution in [0.15, 0.2) is 11.6 Å². The molecule has 4 heteroatoms. The van der Waals surface area contributed by atoms with Gasteiger partial charge in [0.15, 0.2) is 0 Å². The fourth-order valence-corrected chi connectivity index (χ4v) is 2.67. The van der Waals surface area contributed by atoms with Crippen molar-refractivity contribution < 1.29 is 9.59 Å². The largest absolute Gasteiger partial charge is 0.340 e. The van der Waals surface area contributed by atoms with Crippen LogP contribution in [0.25, 0.3) is 0 Å². The number of hydrogen-bond acceptors (Lipinski definition) is 2. The van der Waals surface area contributed by atoms with Crippen molar-refractivity contribution in [2.75, 3.05) is 6.54 Å². The van der Waals surface area contributed by atoms with Crippen molar-refractivity contribution in [3.05, 3.63) is 11.6 Å². The summed E-state index contributed by atoms with van der Waals surface area (Å²) in [7, 11) is 0. The molecule has 1 heterocycles. The minimum Gasteiger partial charge on any atom is -0.340 e. The molecule has 2 amide bonds. The molecule has 2 aliphatic rings. The van der Waals surface area contributed by atoms with Crippen molar-refractivity contribution in [3.63, 3.8) is 0 Å². The molecule has 1 saturated heterocycles. The molecule has 1 aliphatic carbocycles. The van der Waals surface area contributed by atoms with Crippen LogP contribution in [0.2, 0.25) is 0 Å². The van der Waals surface area contributed by atoms with E-state index in [9.17, 15) is 9.59 Å². The van der Waals surface area contributed by atoms with Crippen LogP contribution in [0, 0.1) is 0 Å². The average Bonchev–Trinajstić information content (AvgIpc) is 2.79. The van der Waals surface area contributed by atoms with Gasteiger partial charge in [-0.15, -0.1) is 0 Å². The zero-order valence-corrected chi connectivity index (χ0v) is 11.5. The first kappa shape index (κ1) is 13.1. The Morgan fingerprint density at radius 1 is 1.44 bits per heavy atom.